The fourth-order valence-electron chi connectivity index (χ4n) is 1.76. The van der Waals surface area contributed by atoms with Gasteiger partial charge in [-0.3, -0.25) is 0 Å². The SMILES string of the molecule is CC(C)(C)OC(=O)COc1cccc2cc(C(=O)O)oc12. The first-order chi connectivity index (χ1) is 9.76. The van der Waals surface area contributed by atoms with Gasteiger partial charge < -0.3 is 19.0 Å². The molecule has 0 saturated heterocycles. The summed E-state index contributed by atoms with van der Waals surface area (Å²) in [5.74, 6) is -1.56. The van der Waals surface area contributed by atoms with E-state index in [0.717, 1.165) is 0 Å². The zero-order valence-corrected chi connectivity index (χ0v) is 12.0. The lowest BCUT2D eigenvalue weighted by Crippen LogP contribution is -2.27. The van der Waals surface area contributed by atoms with E-state index in [1.54, 1.807) is 39.0 Å². The highest BCUT2D eigenvalue weighted by atomic mass is 16.6. The molecule has 1 N–H and O–H groups in total. The van der Waals surface area contributed by atoms with E-state index < -0.39 is 17.5 Å². The zero-order valence-electron chi connectivity index (χ0n) is 12.0. The highest BCUT2D eigenvalue weighted by molar-refractivity contribution is 5.93. The number of carbonyl (C=O) groups is 2. The fraction of sp³-hybridized carbons (Fsp3) is 0.333. The van der Waals surface area contributed by atoms with E-state index in [1.165, 1.54) is 6.07 Å². The molecule has 0 bridgehead atoms. The number of ether oxygens (including phenoxy) is 2. The molecule has 0 amide bonds. The van der Waals surface area contributed by atoms with Gasteiger partial charge in [0.25, 0.3) is 0 Å². The van der Waals surface area contributed by atoms with E-state index in [2.05, 4.69) is 0 Å². The molecule has 1 heterocycles. The Hall–Kier alpha value is -2.50. The summed E-state index contributed by atoms with van der Waals surface area (Å²) in [6, 6.07) is 6.39. The number of hydrogen-bond donors (Lipinski definition) is 1. The smallest absolute Gasteiger partial charge is 0.371 e. The second-order valence-corrected chi connectivity index (χ2v) is 5.47. The number of aromatic carboxylic acids is 1. The van der Waals surface area contributed by atoms with Gasteiger partial charge in [-0.2, -0.15) is 0 Å². The Bertz CT molecular complexity index is 677. The third-order valence-electron chi connectivity index (χ3n) is 2.48. The molecule has 2 aromatic rings. The van der Waals surface area contributed by atoms with E-state index in [0.29, 0.717) is 16.7 Å². The largest absolute Gasteiger partial charge is 0.478 e. The van der Waals surface area contributed by atoms with Crippen molar-refractivity contribution in [1.29, 1.82) is 0 Å². The Labute approximate surface area is 121 Å². The standard InChI is InChI=1S/C15H16O6/c1-15(2,3)21-12(16)8-19-10-6-4-5-9-7-11(14(17)18)20-13(9)10/h4-7H,8H2,1-3H3,(H,17,18). The van der Waals surface area contributed by atoms with Gasteiger partial charge in [-0.25, -0.2) is 9.59 Å². The molecule has 0 atom stereocenters. The molecule has 21 heavy (non-hydrogen) atoms. The summed E-state index contributed by atoms with van der Waals surface area (Å²) in [5, 5.41) is 9.51. The van der Waals surface area contributed by atoms with Crippen LogP contribution >= 0.6 is 0 Å². The van der Waals surface area contributed by atoms with Crippen LogP contribution in [-0.2, 0) is 9.53 Å². The third kappa shape index (κ3) is 3.75. The molecule has 0 aliphatic carbocycles. The second kappa shape index (κ2) is 5.47. The van der Waals surface area contributed by atoms with Crippen molar-refractivity contribution in [2.75, 3.05) is 6.61 Å². The summed E-state index contributed by atoms with van der Waals surface area (Å²) in [6.45, 7) is 5.01. The topological polar surface area (TPSA) is 86.0 Å². The lowest BCUT2D eigenvalue weighted by atomic mass is 10.2. The molecule has 0 spiro atoms. The molecule has 112 valence electrons. The van der Waals surface area contributed by atoms with Crippen molar-refractivity contribution in [3.05, 3.63) is 30.0 Å². The third-order valence-corrected chi connectivity index (χ3v) is 2.48. The van der Waals surface area contributed by atoms with Gasteiger partial charge in [-0.1, -0.05) is 12.1 Å². The average Bonchev–Trinajstić information content (AvgIpc) is 2.78. The number of para-hydroxylation sites is 1. The molecule has 0 aliphatic heterocycles. The number of fused-ring (bicyclic) bond motifs is 1. The van der Waals surface area contributed by atoms with Crippen LogP contribution in [0.4, 0.5) is 0 Å². The van der Waals surface area contributed by atoms with Gasteiger partial charge in [0.15, 0.2) is 17.9 Å². The molecule has 0 radical (unpaired) electrons. The number of carboxylic acids is 1. The first-order valence-electron chi connectivity index (χ1n) is 6.37. The molecule has 6 nitrogen and oxygen atoms in total. The Morgan fingerprint density at radius 1 is 1.29 bits per heavy atom. The van der Waals surface area contributed by atoms with Crippen molar-refractivity contribution < 1.29 is 28.6 Å². The number of hydrogen-bond acceptors (Lipinski definition) is 5. The Balaban J connectivity index is 2.15. The summed E-state index contributed by atoms with van der Waals surface area (Å²) in [4.78, 5) is 22.5. The van der Waals surface area contributed by atoms with E-state index in [-0.39, 0.29) is 12.4 Å². The summed E-state index contributed by atoms with van der Waals surface area (Å²) in [6.07, 6.45) is 0. The summed E-state index contributed by atoms with van der Waals surface area (Å²) in [7, 11) is 0. The number of benzene rings is 1. The normalized spacial score (nSPS) is 11.4. The lowest BCUT2D eigenvalue weighted by molar-refractivity contribution is -0.157. The zero-order chi connectivity index (χ0) is 15.6. The molecule has 2 rings (SSSR count). The van der Waals surface area contributed by atoms with Gasteiger partial charge >= 0.3 is 11.9 Å². The average molecular weight is 292 g/mol. The summed E-state index contributed by atoms with van der Waals surface area (Å²) >= 11 is 0. The maximum atomic E-state index is 11.6. The lowest BCUT2D eigenvalue weighted by Gasteiger charge is -2.19. The highest BCUT2D eigenvalue weighted by Crippen LogP contribution is 2.28. The molecule has 0 saturated carbocycles. The number of furan rings is 1. The fourth-order valence-corrected chi connectivity index (χ4v) is 1.76. The van der Waals surface area contributed by atoms with Gasteiger partial charge in [-0.15, -0.1) is 0 Å². The van der Waals surface area contributed by atoms with Crippen molar-refractivity contribution in [2.45, 2.75) is 26.4 Å². The number of esters is 1. The minimum atomic E-state index is -1.16. The Morgan fingerprint density at radius 3 is 2.62 bits per heavy atom. The minimum Gasteiger partial charge on any atom is -0.478 e. The quantitative estimate of drug-likeness (QED) is 0.872. The number of rotatable bonds is 4. The molecule has 0 fully saturated rings. The van der Waals surface area contributed by atoms with Crippen LogP contribution in [0.3, 0.4) is 0 Å². The first-order valence-corrected chi connectivity index (χ1v) is 6.37. The van der Waals surface area contributed by atoms with Crippen molar-refractivity contribution in [2.24, 2.45) is 0 Å². The minimum absolute atomic E-state index is 0.182. The monoisotopic (exact) mass is 292 g/mol. The van der Waals surface area contributed by atoms with Crippen molar-refractivity contribution in [3.8, 4) is 5.75 Å². The van der Waals surface area contributed by atoms with Gasteiger partial charge in [-0.05, 0) is 32.9 Å². The molecule has 6 heteroatoms. The molecule has 0 aliphatic rings. The van der Waals surface area contributed by atoms with Gasteiger partial charge in [0.1, 0.15) is 5.60 Å². The Kier molecular flexibility index (Phi) is 3.88. The summed E-state index contributed by atoms with van der Waals surface area (Å²) in [5.41, 5.74) is -0.299. The molecule has 0 unspecified atom stereocenters. The number of carboxylic acid groups (broad SMARTS) is 1. The molecule has 1 aromatic carbocycles. The van der Waals surface area contributed by atoms with Gasteiger partial charge in [0, 0.05) is 5.39 Å². The van der Waals surface area contributed by atoms with Crippen LogP contribution in [0.2, 0.25) is 0 Å². The van der Waals surface area contributed by atoms with E-state index in [1.807, 2.05) is 0 Å². The molecular formula is C15H16O6. The van der Waals surface area contributed by atoms with Crippen molar-refractivity contribution >= 4 is 22.9 Å². The maximum Gasteiger partial charge on any atom is 0.371 e. The second-order valence-electron chi connectivity index (χ2n) is 5.47. The number of carbonyl (C=O) groups excluding carboxylic acids is 1. The van der Waals surface area contributed by atoms with Crippen LogP contribution in [0.1, 0.15) is 31.3 Å². The maximum absolute atomic E-state index is 11.6. The molecule has 1 aromatic heterocycles. The predicted octanol–water partition coefficient (Wildman–Crippen LogP) is 2.85. The predicted molar refractivity (Wildman–Crippen MR) is 74.5 cm³/mol. The van der Waals surface area contributed by atoms with Gasteiger partial charge in [0.05, 0.1) is 0 Å². The highest BCUT2D eigenvalue weighted by Gasteiger charge is 2.18. The van der Waals surface area contributed by atoms with E-state index in [4.69, 9.17) is 19.0 Å². The van der Waals surface area contributed by atoms with Crippen LogP contribution in [0.5, 0.6) is 5.75 Å². The van der Waals surface area contributed by atoms with Crippen LogP contribution in [-0.4, -0.2) is 29.3 Å². The van der Waals surface area contributed by atoms with Gasteiger partial charge in [0.2, 0.25) is 5.76 Å². The Morgan fingerprint density at radius 2 is 2.00 bits per heavy atom. The first kappa shape index (κ1) is 14.9. The van der Waals surface area contributed by atoms with Crippen LogP contribution in [0.25, 0.3) is 11.0 Å². The van der Waals surface area contributed by atoms with E-state index in [9.17, 15) is 9.59 Å². The summed E-state index contributed by atoms with van der Waals surface area (Å²) < 4.78 is 15.7. The van der Waals surface area contributed by atoms with Crippen LogP contribution in [0, 0.1) is 0 Å². The van der Waals surface area contributed by atoms with E-state index >= 15 is 0 Å². The van der Waals surface area contributed by atoms with Crippen LogP contribution in [0.15, 0.2) is 28.7 Å². The molecular weight excluding hydrogens is 276 g/mol. The van der Waals surface area contributed by atoms with Crippen molar-refractivity contribution in [1.82, 2.24) is 0 Å². The van der Waals surface area contributed by atoms with Crippen LogP contribution < -0.4 is 4.74 Å². The van der Waals surface area contributed by atoms with Crippen molar-refractivity contribution in [3.63, 3.8) is 0 Å².